The van der Waals surface area contributed by atoms with Crippen LogP contribution in [0, 0.1) is 6.92 Å². The Hall–Kier alpha value is -4.79. The van der Waals surface area contributed by atoms with Crippen LogP contribution < -0.4 is 15.6 Å². The summed E-state index contributed by atoms with van der Waals surface area (Å²) >= 11 is 0. The molecule has 5 aromatic rings. The van der Waals surface area contributed by atoms with Crippen molar-refractivity contribution in [3.8, 4) is 22.8 Å². The summed E-state index contributed by atoms with van der Waals surface area (Å²) in [5.74, 6) is 1.15. The number of aromatic nitrogens is 5. The molecule has 39 heavy (non-hydrogen) atoms. The van der Waals surface area contributed by atoms with Gasteiger partial charge in [0.25, 0.3) is 5.56 Å². The van der Waals surface area contributed by atoms with Gasteiger partial charge in [0.1, 0.15) is 17.2 Å². The lowest BCUT2D eigenvalue weighted by molar-refractivity contribution is -0.115. The first-order valence-electron chi connectivity index (χ1n) is 12.6. The summed E-state index contributed by atoms with van der Waals surface area (Å²) in [5, 5.41) is 8.01. The van der Waals surface area contributed by atoms with Crippen molar-refractivity contribution in [1.82, 2.24) is 24.3 Å². The highest BCUT2D eigenvalue weighted by atomic mass is 16.5. The van der Waals surface area contributed by atoms with E-state index in [1.807, 2.05) is 54.2 Å². The lowest BCUT2D eigenvalue weighted by atomic mass is 10.1. The minimum atomic E-state index is -0.179. The smallest absolute Gasteiger partial charge is 0.276 e. The van der Waals surface area contributed by atoms with Crippen LogP contribution in [0.5, 0.6) is 11.5 Å². The maximum Gasteiger partial charge on any atom is 0.276 e. The van der Waals surface area contributed by atoms with Crippen LogP contribution in [-0.2, 0) is 23.8 Å². The first-order valence-corrected chi connectivity index (χ1v) is 12.6. The predicted octanol–water partition coefficient (Wildman–Crippen LogP) is 5.23. The molecule has 2 aromatic carbocycles. The number of carbonyl (C=O) groups excluding carboxylic acids is 1. The summed E-state index contributed by atoms with van der Waals surface area (Å²) in [5.41, 5.74) is 3.88. The molecule has 3 heterocycles. The van der Waals surface area contributed by atoms with Crippen LogP contribution >= 0.6 is 0 Å². The van der Waals surface area contributed by atoms with Crippen LogP contribution in [0.3, 0.4) is 0 Å². The Morgan fingerprint density at radius 3 is 2.59 bits per heavy atom. The summed E-state index contributed by atoms with van der Waals surface area (Å²) in [6.45, 7) is 8.09. The van der Waals surface area contributed by atoms with Gasteiger partial charge in [-0.2, -0.15) is 5.10 Å². The number of aryl methyl sites for hydroxylation is 2. The van der Waals surface area contributed by atoms with Gasteiger partial charge in [-0.15, -0.1) is 0 Å². The average molecular weight is 523 g/mol. The molecule has 5 rings (SSSR count). The van der Waals surface area contributed by atoms with E-state index in [1.165, 1.54) is 4.57 Å². The number of hydrogen-bond donors (Lipinski definition) is 1. The van der Waals surface area contributed by atoms with E-state index < -0.39 is 0 Å². The number of nitrogens with zero attached hydrogens (tertiary/aromatic N) is 5. The third-order valence-corrected chi connectivity index (χ3v) is 6.37. The highest BCUT2D eigenvalue weighted by Gasteiger charge is 2.16. The van der Waals surface area contributed by atoms with Crippen molar-refractivity contribution in [2.45, 2.75) is 39.7 Å². The average Bonchev–Trinajstić information content (AvgIpc) is 3.36. The normalized spacial score (nSPS) is 11.5. The fraction of sp³-hybridized carbons (Fsp3) is 0.233. The van der Waals surface area contributed by atoms with Gasteiger partial charge in [0.2, 0.25) is 5.91 Å². The highest BCUT2D eigenvalue weighted by Crippen LogP contribution is 2.33. The van der Waals surface area contributed by atoms with Crippen molar-refractivity contribution < 1.29 is 9.53 Å². The first kappa shape index (κ1) is 25.8. The molecule has 0 aliphatic heterocycles. The third-order valence-electron chi connectivity index (χ3n) is 6.37. The van der Waals surface area contributed by atoms with Gasteiger partial charge < -0.3 is 14.6 Å². The zero-order valence-corrected chi connectivity index (χ0v) is 22.6. The zero-order chi connectivity index (χ0) is 27.7. The number of nitrogens with one attached hydrogen (secondary N) is 1. The fourth-order valence-corrected chi connectivity index (χ4v) is 4.25. The van der Waals surface area contributed by atoms with Gasteiger partial charge in [0.15, 0.2) is 0 Å². The molecular formula is C30H30N6O3. The lowest BCUT2D eigenvalue weighted by Gasteiger charge is -2.18. The zero-order valence-electron chi connectivity index (χ0n) is 22.6. The molecule has 9 heteroatoms. The fourth-order valence-electron chi connectivity index (χ4n) is 4.25. The molecule has 0 radical (unpaired) electrons. The van der Waals surface area contributed by atoms with E-state index in [2.05, 4.69) is 41.2 Å². The molecule has 9 nitrogen and oxygen atoms in total. The van der Waals surface area contributed by atoms with Crippen molar-refractivity contribution in [1.29, 1.82) is 0 Å². The van der Waals surface area contributed by atoms with Crippen LogP contribution in [-0.4, -0.2) is 30.2 Å². The highest BCUT2D eigenvalue weighted by molar-refractivity contribution is 5.92. The molecule has 3 aromatic heterocycles. The number of anilines is 1. The van der Waals surface area contributed by atoms with Gasteiger partial charge >= 0.3 is 0 Å². The van der Waals surface area contributed by atoms with Crippen molar-refractivity contribution in [3.63, 3.8) is 0 Å². The molecule has 0 saturated carbocycles. The number of ether oxygens (including phenoxy) is 1. The summed E-state index contributed by atoms with van der Waals surface area (Å²) in [6.07, 6.45) is 8.62. The Balaban J connectivity index is 1.35. The molecule has 0 unspecified atom stereocenters. The Kier molecular flexibility index (Phi) is 6.74. The number of benzene rings is 2. The quantitative estimate of drug-likeness (QED) is 0.328. The molecule has 0 aliphatic rings. The van der Waals surface area contributed by atoms with Crippen LogP contribution in [0.4, 0.5) is 5.69 Å². The number of pyridine rings is 1. The van der Waals surface area contributed by atoms with Gasteiger partial charge in [0.05, 0.1) is 29.4 Å². The molecule has 198 valence electrons. The number of carbonyl (C=O) groups is 1. The van der Waals surface area contributed by atoms with Crippen LogP contribution in [0.25, 0.3) is 22.2 Å². The van der Waals surface area contributed by atoms with Crippen LogP contribution in [0.1, 0.15) is 31.9 Å². The standard InChI is InChI=1S/C30H30N6O3/c1-19-14-20(15-27(37)34-22-17-33-36(18-22)30(2,3)4)6-9-25(19)39-26-10-11-31-24-8-7-21(16-23(24)26)28-29(38)35(5)13-12-32-28/h6-14,16-18H,15H2,1-5H3,(H,34,37). The van der Waals surface area contributed by atoms with Crippen molar-refractivity contribution in [2.24, 2.45) is 7.05 Å². The summed E-state index contributed by atoms with van der Waals surface area (Å²) in [4.78, 5) is 34.0. The number of amides is 1. The Labute approximate surface area is 226 Å². The summed E-state index contributed by atoms with van der Waals surface area (Å²) in [7, 11) is 1.70. The Bertz CT molecular complexity index is 1750. The second-order valence-electron chi connectivity index (χ2n) is 10.5. The van der Waals surface area contributed by atoms with Crippen molar-refractivity contribution in [2.75, 3.05) is 5.32 Å². The van der Waals surface area contributed by atoms with Crippen molar-refractivity contribution >= 4 is 22.5 Å². The van der Waals surface area contributed by atoms with Gasteiger partial charge in [-0.25, -0.2) is 4.98 Å². The van der Waals surface area contributed by atoms with Gasteiger partial charge in [0, 0.05) is 42.8 Å². The third kappa shape index (κ3) is 5.57. The molecule has 1 N–H and O–H groups in total. The maximum absolute atomic E-state index is 12.7. The van der Waals surface area contributed by atoms with Crippen LogP contribution in [0.2, 0.25) is 0 Å². The molecular weight excluding hydrogens is 492 g/mol. The topological polar surface area (TPSA) is 104 Å². The Morgan fingerprint density at radius 1 is 1.03 bits per heavy atom. The van der Waals surface area contributed by atoms with E-state index in [9.17, 15) is 9.59 Å². The Morgan fingerprint density at radius 2 is 1.85 bits per heavy atom. The molecule has 0 atom stereocenters. The van der Waals surface area contributed by atoms with E-state index in [-0.39, 0.29) is 23.4 Å². The van der Waals surface area contributed by atoms with Gasteiger partial charge in [-0.05, 0) is 63.1 Å². The van der Waals surface area contributed by atoms with E-state index in [1.54, 1.807) is 37.9 Å². The van der Waals surface area contributed by atoms with E-state index in [0.29, 0.717) is 28.4 Å². The molecule has 0 saturated heterocycles. The van der Waals surface area contributed by atoms with E-state index in [4.69, 9.17) is 4.74 Å². The van der Waals surface area contributed by atoms with Crippen molar-refractivity contribution in [3.05, 3.63) is 94.9 Å². The van der Waals surface area contributed by atoms with Gasteiger partial charge in [-0.3, -0.25) is 19.3 Å². The second-order valence-corrected chi connectivity index (χ2v) is 10.5. The monoisotopic (exact) mass is 522 g/mol. The second kappa shape index (κ2) is 10.2. The predicted molar refractivity (Wildman–Crippen MR) is 151 cm³/mol. The maximum atomic E-state index is 12.7. The first-order chi connectivity index (χ1) is 18.6. The van der Waals surface area contributed by atoms with E-state index in [0.717, 1.165) is 22.0 Å². The lowest BCUT2D eigenvalue weighted by Crippen LogP contribution is -2.22. The number of rotatable bonds is 6. The molecule has 0 aliphatic carbocycles. The largest absolute Gasteiger partial charge is 0.456 e. The molecule has 1 amide bonds. The summed E-state index contributed by atoms with van der Waals surface area (Å²) < 4.78 is 9.62. The molecule has 0 spiro atoms. The SMILES string of the molecule is Cc1cc(CC(=O)Nc2cnn(C(C)(C)C)c2)ccc1Oc1ccnc2ccc(-c3nccn(C)c3=O)cc12. The number of hydrogen-bond acceptors (Lipinski definition) is 6. The van der Waals surface area contributed by atoms with Crippen LogP contribution in [0.15, 0.2) is 78.2 Å². The van der Waals surface area contributed by atoms with Gasteiger partial charge in [-0.1, -0.05) is 18.2 Å². The summed E-state index contributed by atoms with van der Waals surface area (Å²) in [6, 6.07) is 13.0. The molecule has 0 bridgehead atoms. The minimum absolute atomic E-state index is 0.121. The molecule has 0 fully saturated rings. The number of fused-ring (bicyclic) bond motifs is 1. The van der Waals surface area contributed by atoms with E-state index >= 15 is 0 Å². The minimum Gasteiger partial charge on any atom is -0.456 e.